The Morgan fingerprint density at radius 3 is 2.52 bits per heavy atom. The lowest BCUT2D eigenvalue weighted by Gasteiger charge is -2.14. The molecule has 0 atom stereocenters. The molecule has 1 amide bonds. The summed E-state index contributed by atoms with van der Waals surface area (Å²) in [6.45, 7) is 0.0801. The third kappa shape index (κ3) is 6.25. The fourth-order valence-electron chi connectivity index (χ4n) is 2.93. The highest BCUT2D eigenvalue weighted by atomic mass is 35.5. The van der Waals surface area contributed by atoms with Crippen LogP contribution in [0.1, 0.15) is 11.1 Å². The van der Waals surface area contributed by atoms with Crippen molar-refractivity contribution in [3.63, 3.8) is 0 Å². The first kappa shape index (κ1) is 23.6. The molecule has 0 saturated heterocycles. The van der Waals surface area contributed by atoms with Crippen LogP contribution in [0, 0.1) is 17.1 Å². The zero-order chi connectivity index (χ0) is 23.8. The van der Waals surface area contributed by atoms with Crippen molar-refractivity contribution in [3.05, 3.63) is 88.2 Å². The predicted octanol–water partition coefficient (Wildman–Crippen LogP) is 5.62. The molecule has 0 radical (unpaired) electrons. The first-order chi connectivity index (χ1) is 15.9. The van der Waals surface area contributed by atoms with Crippen molar-refractivity contribution in [1.29, 1.82) is 5.26 Å². The van der Waals surface area contributed by atoms with E-state index < -0.39 is 5.91 Å². The van der Waals surface area contributed by atoms with Crippen LogP contribution >= 0.6 is 11.6 Å². The normalized spacial score (nSPS) is 10.8. The highest BCUT2D eigenvalue weighted by Crippen LogP contribution is 2.37. The minimum atomic E-state index is -0.579. The molecule has 3 rings (SSSR count). The van der Waals surface area contributed by atoms with Crippen LogP contribution in [0.5, 0.6) is 17.2 Å². The predicted molar refractivity (Wildman–Crippen MR) is 124 cm³/mol. The van der Waals surface area contributed by atoms with Gasteiger partial charge in [0.25, 0.3) is 5.91 Å². The number of carbonyl (C=O) groups excluding carboxylic acids is 1. The second-order valence-corrected chi connectivity index (χ2v) is 7.21. The van der Waals surface area contributed by atoms with Gasteiger partial charge in [0.05, 0.1) is 19.2 Å². The summed E-state index contributed by atoms with van der Waals surface area (Å²) in [5.74, 6) is 0.265. The van der Waals surface area contributed by atoms with Gasteiger partial charge in [-0.15, -0.1) is 0 Å². The number of nitrogens with zero attached hydrogens (tertiary/aromatic N) is 1. The Morgan fingerprint density at radius 1 is 1.12 bits per heavy atom. The van der Waals surface area contributed by atoms with Crippen LogP contribution in [-0.2, 0) is 11.4 Å². The van der Waals surface area contributed by atoms with Gasteiger partial charge in [0.1, 0.15) is 29.8 Å². The number of ether oxygens (including phenoxy) is 3. The first-order valence-corrected chi connectivity index (χ1v) is 10.1. The van der Waals surface area contributed by atoms with E-state index in [9.17, 15) is 14.4 Å². The smallest absolute Gasteiger partial charge is 0.266 e. The van der Waals surface area contributed by atoms with Crippen molar-refractivity contribution in [2.45, 2.75) is 6.61 Å². The molecule has 0 aromatic heterocycles. The topological polar surface area (TPSA) is 80.6 Å². The molecule has 0 aliphatic rings. The number of hydrogen-bond acceptors (Lipinski definition) is 5. The molecule has 8 heteroatoms. The summed E-state index contributed by atoms with van der Waals surface area (Å²) in [5, 5.41) is 12.4. The average molecular weight is 467 g/mol. The summed E-state index contributed by atoms with van der Waals surface area (Å²) in [6.07, 6.45) is 1.39. The molecule has 1 N–H and O–H groups in total. The fraction of sp³-hybridized carbons (Fsp3) is 0.120. The zero-order valence-electron chi connectivity index (χ0n) is 17.9. The van der Waals surface area contributed by atoms with Crippen molar-refractivity contribution in [3.8, 4) is 23.3 Å². The second-order valence-electron chi connectivity index (χ2n) is 6.81. The largest absolute Gasteiger partial charge is 0.497 e. The van der Waals surface area contributed by atoms with Crippen LogP contribution in [-0.4, -0.2) is 20.1 Å². The number of anilines is 1. The lowest BCUT2D eigenvalue weighted by atomic mass is 10.1. The molecule has 0 spiro atoms. The molecule has 0 unspecified atom stereocenters. The van der Waals surface area contributed by atoms with Crippen molar-refractivity contribution in [2.24, 2.45) is 0 Å². The Balaban J connectivity index is 1.79. The van der Waals surface area contributed by atoms with E-state index in [0.29, 0.717) is 28.3 Å². The number of benzene rings is 3. The van der Waals surface area contributed by atoms with Gasteiger partial charge in [-0.05, 0) is 65.7 Å². The minimum Gasteiger partial charge on any atom is -0.497 e. The van der Waals surface area contributed by atoms with Gasteiger partial charge in [-0.25, -0.2) is 4.39 Å². The molecule has 0 aliphatic heterocycles. The molecule has 33 heavy (non-hydrogen) atoms. The third-order valence-electron chi connectivity index (χ3n) is 4.55. The first-order valence-electron chi connectivity index (χ1n) is 9.75. The van der Waals surface area contributed by atoms with Crippen LogP contribution < -0.4 is 19.5 Å². The third-order valence-corrected chi connectivity index (χ3v) is 4.83. The fourth-order valence-corrected chi connectivity index (χ4v) is 3.21. The molecule has 0 fully saturated rings. The van der Waals surface area contributed by atoms with E-state index in [2.05, 4.69) is 5.32 Å². The van der Waals surface area contributed by atoms with Gasteiger partial charge in [0.2, 0.25) is 0 Å². The molecule has 0 bridgehead atoms. The SMILES string of the molecule is COc1ccc(NC(=O)/C(C#N)=C\c2cc(Cl)c(OCc3cccc(F)c3)c(OC)c2)cc1. The molecule has 3 aromatic carbocycles. The maximum absolute atomic E-state index is 13.4. The van der Waals surface area contributed by atoms with Crippen molar-refractivity contribution >= 4 is 29.3 Å². The van der Waals surface area contributed by atoms with E-state index in [0.717, 1.165) is 0 Å². The molecule has 0 aliphatic carbocycles. The molecular weight excluding hydrogens is 447 g/mol. The summed E-state index contributed by atoms with van der Waals surface area (Å²) in [5.41, 5.74) is 1.48. The summed E-state index contributed by atoms with van der Waals surface area (Å²) in [7, 11) is 2.98. The molecule has 168 valence electrons. The Hall–Kier alpha value is -4.02. The van der Waals surface area contributed by atoms with E-state index in [1.165, 1.54) is 25.3 Å². The highest BCUT2D eigenvalue weighted by Gasteiger charge is 2.15. The van der Waals surface area contributed by atoms with Crippen LogP contribution in [0.4, 0.5) is 10.1 Å². The van der Waals surface area contributed by atoms with Crippen molar-refractivity contribution in [1.82, 2.24) is 0 Å². The summed E-state index contributed by atoms with van der Waals surface area (Å²) in [6, 6.07) is 17.7. The van der Waals surface area contributed by atoms with E-state index in [1.54, 1.807) is 55.6 Å². The van der Waals surface area contributed by atoms with Crippen molar-refractivity contribution in [2.75, 3.05) is 19.5 Å². The maximum atomic E-state index is 13.4. The summed E-state index contributed by atoms with van der Waals surface area (Å²) >= 11 is 6.37. The number of carbonyl (C=O) groups is 1. The molecule has 0 heterocycles. The highest BCUT2D eigenvalue weighted by molar-refractivity contribution is 6.32. The number of methoxy groups -OCH3 is 2. The lowest BCUT2D eigenvalue weighted by Crippen LogP contribution is -2.13. The van der Waals surface area contributed by atoms with E-state index in [-0.39, 0.29) is 28.8 Å². The van der Waals surface area contributed by atoms with Gasteiger partial charge < -0.3 is 19.5 Å². The van der Waals surface area contributed by atoms with E-state index in [4.69, 9.17) is 25.8 Å². The molecule has 3 aromatic rings. The van der Waals surface area contributed by atoms with Gasteiger partial charge in [0, 0.05) is 5.69 Å². The standard InChI is InChI=1S/C25H20ClFN2O4/c1-31-21-8-6-20(7-9-21)29-25(30)18(14-28)10-17-12-22(26)24(23(13-17)32-2)33-15-16-4-3-5-19(27)11-16/h3-13H,15H2,1-2H3,(H,29,30)/b18-10-. The van der Waals surface area contributed by atoms with E-state index in [1.807, 2.05) is 6.07 Å². The average Bonchev–Trinajstić information content (AvgIpc) is 2.82. The van der Waals surface area contributed by atoms with Gasteiger partial charge in [-0.3, -0.25) is 4.79 Å². The van der Waals surface area contributed by atoms with Crippen molar-refractivity contribution < 1.29 is 23.4 Å². The Morgan fingerprint density at radius 2 is 1.88 bits per heavy atom. The molecule has 0 saturated carbocycles. The lowest BCUT2D eigenvalue weighted by molar-refractivity contribution is -0.112. The summed E-state index contributed by atoms with van der Waals surface area (Å²) < 4.78 is 29.6. The number of nitrogens with one attached hydrogen (secondary N) is 1. The number of hydrogen-bond donors (Lipinski definition) is 1. The Kier molecular flexibility index (Phi) is 7.90. The van der Waals surface area contributed by atoms with Crippen LogP contribution in [0.15, 0.2) is 66.2 Å². The number of nitriles is 1. The van der Waals surface area contributed by atoms with Gasteiger partial charge in [0.15, 0.2) is 11.5 Å². The monoisotopic (exact) mass is 466 g/mol. The number of amides is 1. The van der Waals surface area contributed by atoms with Crippen LogP contribution in [0.3, 0.4) is 0 Å². The molecule has 6 nitrogen and oxygen atoms in total. The minimum absolute atomic E-state index is 0.0801. The van der Waals surface area contributed by atoms with E-state index >= 15 is 0 Å². The second kappa shape index (κ2) is 11.0. The van der Waals surface area contributed by atoms with Crippen LogP contribution in [0.25, 0.3) is 6.08 Å². The number of rotatable bonds is 8. The van der Waals surface area contributed by atoms with Gasteiger partial charge in [-0.1, -0.05) is 23.7 Å². The quantitative estimate of drug-likeness (QED) is 0.344. The van der Waals surface area contributed by atoms with Crippen LogP contribution in [0.2, 0.25) is 5.02 Å². The molecular formula is C25H20ClFN2O4. The number of halogens is 2. The van der Waals surface area contributed by atoms with Gasteiger partial charge in [-0.2, -0.15) is 5.26 Å². The summed E-state index contributed by atoms with van der Waals surface area (Å²) in [4.78, 5) is 12.5. The zero-order valence-corrected chi connectivity index (χ0v) is 18.7. The van der Waals surface area contributed by atoms with Gasteiger partial charge >= 0.3 is 0 Å². The maximum Gasteiger partial charge on any atom is 0.266 e. The Bertz CT molecular complexity index is 1220. The Labute approximate surface area is 195 Å².